The molecule has 1 N–H and O–H groups in total. The van der Waals surface area contributed by atoms with Crippen LogP contribution in [0.1, 0.15) is 13.3 Å². The Bertz CT molecular complexity index is 345. The van der Waals surface area contributed by atoms with Crippen molar-refractivity contribution in [2.75, 3.05) is 46.9 Å². The van der Waals surface area contributed by atoms with Crippen molar-refractivity contribution in [1.82, 2.24) is 10.2 Å². The Hall–Kier alpha value is -1.26. The van der Waals surface area contributed by atoms with Gasteiger partial charge in [-0.15, -0.1) is 0 Å². The van der Waals surface area contributed by atoms with Gasteiger partial charge in [0, 0.05) is 6.54 Å². The summed E-state index contributed by atoms with van der Waals surface area (Å²) in [5.41, 5.74) is 0. The van der Waals surface area contributed by atoms with E-state index in [9.17, 15) is 0 Å². The van der Waals surface area contributed by atoms with Crippen LogP contribution in [0.5, 0.6) is 11.5 Å². The molecule has 4 heteroatoms. The van der Waals surface area contributed by atoms with Gasteiger partial charge in [0.05, 0.1) is 6.61 Å². The molecule has 0 aliphatic heterocycles. The number of nitrogens with zero attached hydrogens (tertiary/aromatic N) is 1. The van der Waals surface area contributed by atoms with E-state index in [4.69, 9.17) is 9.47 Å². The van der Waals surface area contributed by atoms with E-state index in [0.29, 0.717) is 13.2 Å². The number of hydrogen-bond acceptors (Lipinski definition) is 4. The monoisotopic (exact) mass is 266 g/mol. The molecule has 0 saturated heterocycles. The average Bonchev–Trinajstić information content (AvgIpc) is 2.41. The zero-order valence-corrected chi connectivity index (χ0v) is 12.3. The lowest BCUT2D eigenvalue weighted by molar-refractivity contribution is 0.225. The van der Waals surface area contributed by atoms with Gasteiger partial charge in [0.25, 0.3) is 0 Å². The van der Waals surface area contributed by atoms with Crippen molar-refractivity contribution >= 4 is 0 Å². The van der Waals surface area contributed by atoms with Crippen LogP contribution in [0.25, 0.3) is 0 Å². The molecule has 0 amide bonds. The lowest BCUT2D eigenvalue weighted by atomic mass is 10.3. The molecule has 0 spiro atoms. The zero-order chi connectivity index (χ0) is 13.9. The third-order valence-corrected chi connectivity index (χ3v) is 2.85. The molecule has 0 atom stereocenters. The number of para-hydroxylation sites is 2. The molecule has 0 aliphatic rings. The largest absolute Gasteiger partial charge is 0.490 e. The van der Waals surface area contributed by atoms with Crippen LogP contribution in [-0.2, 0) is 0 Å². The van der Waals surface area contributed by atoms with Crippen molar-refractivity contribution in [1.29, 1.82) is 0 Å². The van der Waals surface area contributed by atoms with E-state index < -0.39 is 0 Å². The van der Waals surface area contributed by atoms with Gasteiger partial charge >= 0.3 is 0 Å². The summed E-state index contributed by atoms with van der Waals surface area (Å²) in [6.07, 6.45) is 1.16. The van der Waals surface area contributed by atoms with Gasteiger partial charge in [-0.1, -0.05) is 12.1 Å². The molecule has 0 heterocycles. The van der Waals surface area contributed by atoms with Crippen LogP contribution >= 0.6 is 0 Å². The SMILES string of the molecule is CCOc1ccccc1OCCN(C)CCCNC. The van der Waals surface area contributed by atoms with E-state index in [2.05, 4.69) is 17.3 Å². The van der Waals surface area contributed by atoms with Gasteiger partial charge in [0.1, 0.15) is 6.61 Å². The van der Waals surface area contributed by atoms with Crippen LogP contribution in [0.4, 0.5) is 0 Å². The summed E-state index contributed by atoms with van der Waals surface area (Å²) in [6, 6.07) is 7.82. The number of likely N-dealkylation sites (N-methyl/N-ethyl adjacent to an activating group) is 1. The third kappa shape index (κ3) is 6.45. The van der Waals surface area contributed by atoms with Crippen molar-refractivity contribution < 1.29 is 9.47 Å². The number of hydrogen-bond donors (Lipinski definition) is 1. The van der Waals surface area contributed by atoms with E-state index in [1.54, 1.807) is 0 Å². The standard InChI is InChI=1S/C15H26N2O2/c1-4-18-14-8-5-6-9-15(14)19-13-12-17(3)11-7-10-16-2/h5-6,8-9,16H,4,7,10-13H2,1-3H3. The summed E-state index contributed by atoms with van der Waals surface area (Å²) in [4.78, 5) is 2.28. The Morgan fingerprint density at radius 2 is 1.79 bits per heavy atom. The highest BCUT2D eigenvalue weighted by atomic mass is 16.5. The highest BCUT2D eigenvalue weighted by Gasteiger charge is 2.04. The molecule has 1 rings (SSSR count). The first-order valence-corrected chi connectivity index (χ1v) is 6.95. The molecular weight excluding hydrogens is 240 g/mol. The van der Waals surface area contributed by atoms with Crippen LogP contribution in [-0.4, -0.2) is 51.8 Å². The summed E-state index contributed by atoms with van der Waals surface area (Å²) < 4.78 is 11.3. The average molecular weight is 266 g/mol. The molecule has 0 aliphatic carbocycles. The highest BCUT2D eigenvalue weighted by Crippen LogP contribution is 2.26. The molecule has 1 aromatic carbocycles. The minimum absolute atomic E-state index is 0.657. The molecule has 0 radical (unpaired) electrons. The van der Waals surface area contributed by atoms with Crippen LogP contribution in [0, 0.1) is 0 Å². The maximum absolute atomic E-state index is 5.78. The number of ether oxygens (including phenoxy) is 2. The first-order chi connectivity index (χ1) is 9.27. The Balaban J connectivity index is 2.28. The van der Waals surface area contributed by atoms with Gasteiger partial charge in [-0.2, -0.15) is 0 Å². The fourth-order valence-electron chi connectivity index (χ4n) is 1.79. The van der Waals surface area contributed by atoms with Gasteiger partial charge in [-0.3, -0.25) is 0 Å². The highest BCUT2D eigenvalue weighted by molar-refractivity contribution is 5.39. The minimum Gasteiger partial charge on any atom is -0.490 e. The van der Waals surface area contributed by atoms with Crippen molar-refractivity contribution in [3.63, 3.8) is 0 Å². The summed E-state index contributed by atoms with van der Waals surface area (Å²) in [5, 5.41) is 3.15. The second kappa shape index (κ2) is 9.64. The summed E-state index contributed by atoms with van der Waals surface area (Å²) in [5.74, 6) is 1.65. The van der Waals surface area contributed by atoms with E-state index in [-0.39, 0.29) is 0 Å². The van der Waals surface area contributed by atoms with Crippen LogP contribution < -0.4 is 14.8 Å². The smallest absolute Gasteiger partial charge is 0.161 e. The van der Waals surface area contributed by atoms with Gasteiger partial charge in [0.15, 0.2) is 11.5 Å². The second-order valence-electron chi connectivity index (χ2n) is 4.49. The van der Waals surface area contributed by atoms with E-state index in [0.717, 1.165) is 37.6 Å². The molecule has 0 bridgehead atoms. The predicted molar refractivity (Wildman–Crippen MR) is 79.1 cm³/mol. The molecule has 0 unspecified atom stereocenters. The van der Waals surface area contributed by atoms with Crippen molar-refractivity contribution in [2.24, 2.45) is 0 Å². The van der Waals surface area contributed by atoms with E-state index >= 15 is 0 Å². The van der Waals surface area contributed by atoms with Gasteiger partial charge in [-0.25, -0.2) is 0 Å². The Kier molecular flexibility index (Phi) is 8.02. The molecular formula is C15H26N2O2. The maximum Gasteiger partial charge on any atom is 0.161 e. The molecule has 0 fully saturated rings. The molecule has 19 heavy (non-hydrogen) atoms. The van der Waals surface area contributed by atoms with E-state index in [1.807, 2.05) is 38.2 Å². The second-order valence-corrected chi connectivity index (χ2v) is 4.49. The van der Waals surface area contributed by atoms with Gasteiger partial charge < -0.3 is 19.7 Å². The number of nitrogens with one attached hydrogen (secondary N) is 1. The first kappa shape index (κ1) is 15.8. The third-order valence-electron chi connectivity index (χ3n) is 2.85. The topological polar surface area (TPSA) is 33.7 Å². The van der Waals surface area contributed by atoms with Gasteiger partial charge in [-0.05, 0) is 52.7 Å². The Labute approximate surface area is 116 Å². The van der Waals surface area contributed by atoms with Gasteiger partial charge in [0.2, 0.25) is 0 Å². The zero-order valence-electron chi connectivity index (χ0n) is 12.3. The summed E-state index contributed by atoms with van der Waals surface area (Å²) in [6.45, 7) is 6.37. The lowest BCUT2D eigenvalue weighted by Gasteiger charge is -2.17. The Morgan fingerprint density at radius 3 is 2.42 bits per heavy atom. The van der Waals surface area contributed by atoms with E-state index in [1.165, 1.54) is 0 Å². The number of benzene rings is 1. The molecule has 0 saturated carbocycles. The van der Waals surface area contributed by atoms with Crippen LogP contribution in [0.2, 0.25) is 0 Å². The first-order valence-electron chi connectivity index (χ1n) is 6.95. The quantitative estimate of drug-likeness (QED) is 0.657. The molecule has 108 valence electrons. The summed E-state index contributed by atoms with van der Waals surface area (Å²) >= 11 is 0. The minimum atomic E-state index is 0.657. The Morgan fingerprint density at radius 1 is 1.11 bits per heavy atom. The lowest BCUT2D eigenvalue weighted by Crippen LogP contribution is -2.27. The predicted octanol–water partition coefficient (Wildman–Crippen LogP) is 2.01. The molecule has 4 nitrogen and oxygen atoms in total. The van der Waals surface area contributed by atoms with Crippen molar-refractivity contribution in [3.8, 4) is 11.5 Å². The van der Waals surface area contributed by atoms with Crippen molar-refractivity contribution in [2.45, 2.75) is 13.3 Å². The molecule has 0 aromatic heterocycles. The molecule has 1 aromatic rings. The van der Waals surface area contributed by atoms with Crippen molar-refractivity contribution in [3.05, 3.63) is 24.3 Å². The van der Waals surface area contributed by atoms with Crippen LogP contribution in [0.15, 0.2) is 24.3 Å². The summed E-state index contributed by atoms with van der Waals surface area (Å²) in [7, 11) is 4.10. The fourth-order valence-corrected chi connectivity index (χ4v) is 1.79. The van der Waals surface area contributed by atoms with Crippen LogP contribution in [0.3, 0.4) is 0 Å². The maximum atomic E-state index is 5.78. The fraction of sp³-hybridized carbons (Fsp3) is 0.600. The number of rotatable bonds is 10. The normalized spacial score (nSPS) is 10.7.